The predicted octanol–water partition coefficient (Wildman–Crippen LogP) is 2.04. The molecule has 0 unspecified atom stereocenters. The summed E-state index contributed by atoms with van der Waals surface area (Å²) in [6.07, 6.45) is 1.65. The number of anilines is 1. The fourth-order valence-electron chi connectivity index (χ4n) is 1.48. The van der Waals surface area contributed by atoms with E-state index in [-0.39, 0.29) is 5.75 Å². The number of pyridine rings is 1. The molecule has 4 heteroatoms. The smallest absolute Gasteiger partial charge is 0.221 e. The van der Waals surface area contributed by atoms with Gasteiger partial charge in [0, 0.05) is 11.8 Å². The number of hydrogen-bond acceptors (Lipinski definition) is 4. The highest BCUT2D eigenvalue weighted by atomic mass is 16.5. The second kappa shape index (κ2) is 4.10. The third kappa shape index (κ3) is 1.77. The molecule has 0 saturated carbocycles. The van der Waals surface area contributed by atoms with E-state index in [9.17, 15) is 5.11 Å². The van der Waals surface area contributed by atoms with Crippen LogP contribution in [0.15, 0.2) is 36.5 Å². The molecule has 0 fully saturated rings. The summed E-state index contributed by atoms with van der Waals surface area (Å²) in [7, 11) is 1.56. The molecule has 0 radical (unpaired) electrons. The number of aromatic nitrogens is 1. The number of ether oxygens (including phenoxy) is 1. The topological polar surface area (TPSA) is 68.4 Å². The first kappa shape index (κ1) is 10.3. The van der Waals surface area contributed by atoms with Crippen molar-refractivity contribution in [1.82, 2.24) is 4.98 Å². The minimum atomic E-state index is 0.0587. The maximum atomic E-state index is 9.54. The van der Waals surface area contributed by atoms with E-state index in [0.29, 0.717) is 11.6 Å². The molecule has 0 bridgehead atoms. The molecule has 0 saturated heterocycles. The molecule has 1 aromatic heterocycles. The van der Waals surface area contributed by atoms with Gasteiger partial charge in [-0.05, 0) is 29.8 Å². The average molecular weight is 216 g/mol. The zero-order valence-electron chi connectivity index (χ0n) is 8.84. The Morgan fingerprint density at radius 1 is 1.31 bits per heavy atom. The minimum Gasteiger partial charge on any atom is -0.506 e. The van der Waals surface area contributed by atoms with Crippen LogP contribution in [-0.4, -0.2) is 17.2 Å². The van der Waals surface area contributed by atoms with Crippen molar-refractivity contribution in [2.24, 2.45) is 0 Å². The Morgan fingerprint density at radius 3 is 2.81 bits per heavy atom. The number of nitrogen functional groups attached to an aromatic ring is 1. The average Bonchev–Trinajstić information content (AvgIpc) is 2.32. The molecule has 1 heterocycles. The van der Waals surface area contributed by atoms with Gasteiger partial charge in [-0.25, -0.2) is 4.98 Å². The van der Waals surface area contributed by atoms with E-state index >= 15 is 0 Å². The maximum absolute atomic E-state index is 9.54. The van der Waals surface area contributed by atoms with Crippen LogP contribution in [0.1, 0.15) is 0 Å². The summed E-state index contributed by atoms with van der Waals surface area (Å²) in [5.74, 6) is 0.579. The molecular formula is C12H12N2O2. The number of nitrogens with two attached hydrogens (primary N) is 1. The van der Waals surface area contributed by atoms with E-state index in [2.05, 4.69) is 4.98 Å². The number of nitrogens with zero attached hydrogens (tertiary/aromatic N) is 1. The Kier molecular flexibility index (Phi) is 2.64. The largest absolute Gasteiger partial charge is 0.506 e. The van der Waals surface area contributed by atoms with Crippen LogP contribution < -0.4 is 10.5 Å². The third-order valence-electron chi connectivity index (χ3n) is 2.31. The van der Waals surface area contributed by atoms with E-state index in [1.54, 1.807) is 25.4 Å². The van der Waals surface area contributed by atoms with Crippen molar-refractivity contribution >= 4 is 5.69 Å². The van der Waals surface area contributed by atoms with E-state index in [0.717, 1.165) is 11.1 Å². The summed E-state index contributed by atoms with van der Waals surface area (Å²) in [6, 6.07) is 8.74. The highest BCUT2D eigenvalue weighted by molar-refractivity contribution is 5.72. The highest BCUT2D eigenvalue weighted by Gasteiger charge is 2.07. The van der Waals surface area contributed by atoms with Crippen molar-refractivity contribution in [3.63, 3.8) is 0 Å². The summed E-state index contributed by atoms with van der Waals surface area (Å²) < 4.78 is 5.15. The minimum absolute atomic E-state index is 0.0587. The Labute approximate surface area is 93.3 Å². The van der Waals surface area contributed by atoms with Gasteiger partial charge < -0.3 is 15.6 Å². The predicted molar refractivity (Wildman–Crippen MR) is 62.3 cm³/mol. The summed E-state index contributed by atoms with van der Waals surface area (Å²) in [4.78, 5) is 4.09. The quantitative estimate of drug-likeness (QED) is 0.595. The first-order valence-electron chi connectivity index (χ1n) is 4.80. The van der Waals surface area contributed by atoms with Crippen LogP contribution in [0.3, 0.4) is 0 Å². The normalized spacial score (nSPS) is 10.1. The van der Waals surface area contributed by atoms with Gasteiger partial charge in [0.25, 0.3) is 0 Å². The van der Waals surface area contributed by atoms with Gasteiger partial charge in [0.1, 0.15) is 5.75 Å². The van der Waals surface area contributed by atoms with Gasteiger partial charge in [0.15, 0.2) is 0 Å². The van der Waals surface area contributed by atoms with Crippen molar-refractivity contribution in [1.29, 1.82) is 0 Å². The van der Waals surface area contributed by atoms with Crippen LogP contribution in [-0.2, 0) is 0 Å². The molecule has 0 aliphatic carbocycles. The molecule has 3 N–H and O–H groups in total. The molecule has 0 spiro atoms. The molecule has 0 aliphatic rings. The number of rotatable bonds is 2. The zero-order chi connectivity index (χ0) is 11.5. The SMILES string of the molecule is COc1ncccc1-c1ccc(N)c(O)c1. The van der Waals surface area contributed by atoms with Crippen molar-refractivity contribution in [2.45, 2.75) is 0 Å². The summed E-state index contributed by atoms with van der Waals surface area (Å²) in [6.45, 7) is 0. The lowest BCUT2D eigenvalue weighted by Gasteiger charge is -2.08. The molecule has 2 rings (SSSR count). The first-order chi connectivity index (χ1) is 7.72. The number of hydrogen-bond donors (Lipinski definition) is 2. The molecule has 0 atom stereocenters. The lowest BCUT2D eigenvalue weighted by atomic mass is 10.1. The van der Waals surface area contributed by atoms with Crippen LogP contribution >= 0.6 is 0 Å². The molecule has 0 aliphatic heterocycles. The Balaban J connectivity index is 2.54. The van der Waals surface area contributed by atoms with Gasteiger partial charge in [-0.3, -0.25) is 0 Å². The van der Waals surface area contributed by atoms with E-state index in [1.807, 2.05) is 18.2 Å². The Bertz CT molecular complexity index is 512. The third-order valence-corrected chi connectivity index (χ3v) is 2.31. The van der Waals surface area contributed by atoms with Crippen molar-refractivity contribution in [3.8, 4) is 22.8 Å². The number of phenolic OH excluding ortho intramolecular Hbond substituents is 1. The van der Waals surface area contributed by atoms with Gasteiger partial charge in [0.2, 0.25) is 5.88 Å². The van der Waals surface area contributed by atoms with Crippen LogP contribution in [0.25, 0.3) is 11.1 Å². The Morgan fingerprint density at radius 2 is 2.12 bits per heavy atom. The first-order valence-corrected chi connectivity index (χ1v) is 4.80. The van der Waals surface area contributed by atoms with Crippen LogP contribution in [0, 0.1) is 0 Å². The summed E-state index contributed by atoms with van der Waals surface area (Å²) >= 11 is 0. The van der Waals surface area contributed by atoms with Crippen LogP contribution in [0.5, 0.6) is 11.6 Å². The number of methoxy groups -OCH3 is 1. The zero-order valence-corrected chi connectivity index (χ0v) is 8.84. The van der Waals surface area contributed by atoms with Gasteiger partial charge in [-0.1, -0.05) is 6.07 Å². The fraction of sp³-hybridized carbons (Fsp3) is 0.0833. The van der Waals surface area contributed by atoms with Crippen LogP contribution in [0.2, 0.25) is 0 Å². The summed E-state index contributed by atoms with van der Waals surface area (Å²) in [5, 5.41) is 9.54. The molecule has 4 nitrogen and oxygen atoms in total. The molecular weight excluding hydrogens is 204 g/mol. The number of aromatic hydroxyl groups is 1. The van der Waals surface area contributed by atoms with E-state index in [1.165, 1.54) is 0 Å². The van der Waals surface area contributed by atoms with Crippen LogP contribution in [0.4, 0.5) is 5.69 Å². The lowest BCUT2D eigenvalue weighted by Crippen LogP contribution is -1.91. The van der Waals surface area contributed by atoms with Gasteiger partial charge in [-0.15, -0.1) is 0 Å². The van der Waals surface area contributed by atoms with Crippen molar-refractivity contribution in [3.05, 3.63) is 36.5 Å². The highest BCUT2D eigenvalue weighted by Crippen LogP contribution is 2.32. The van der Waals surface area contributed by atoms with Gasteiger partial charge in [0.05, 0.1) is 12.8 Å². The fourth-order valence-corrected chi connectivity index (χ4v) is 1.48. The van der Waals surface area contributed by atoms with E-state index < -0.39 is 0 Å². The lowest BCUT2D eigenvalue weighted by molar-refractivity contribution is 0.399. The number of benzene rings is 1. The summed E-state index contributed by atoms with van der Waals surface area (Å²) in [5.41, 5.74) is 7.53. The van der Waals surface area contributed by atoms with E-state index in [4.69, 9.17) is 10.5 Å². The number of phenols is 1. The second-order valence-corrected chi connectivity index (χ2v) is 3.33. The van der Waals surface area contributed by atoms with Crippen molar-refractivity contribution in [2.75, 3.05) is 12.8 Å². The second-order valence-electron chi connectivity index (χ2n) is 3.33. The van der Waals surface area contributed by atoms with Gasteiger partial charge in [-0.2, -0.15) is 0 Å². The Hall–Kier alpha value is -2.23. The standard InChI is InChI=1S/C12H12N2O2/c1-16-12-9(3-2-6-14-12)8-4-5-10(13)11(15)7-8/h2-7,15H,13H2,1H3. The molecule has 82 valence electrons. The molecule has 0 amide bonds. The van der Waals surface area contributed by atoms with Crippen molar-refractivity contribution < 1.29 is 9.84 Å². The monoisotopic (exact) mass is 216 g/mol. The maximum Gasteiger partial charge on any atom is 0.221 e. The van der Waals surface area contributed by atoms with Gasteiger partial charge >= 0.3 is 0 Å². The molecule has 16 heavy (non-hydrogen) atoms. The molecule has 2 aromatic rings. The molecule has 1 aromatic carbocycles.